The molecule has 4 nitrogen and oxygen atoms in total. The second-order valence-electron chi connectivity index (χ2n) is 5.53. The Morgan fingerprint density at radius 3 is 2.86 bits per heavy atom. The second kappa shape index (κ2) is 6.52. The normalized spacial score (nSPS) is 16.6. The van der Waals surface area contributed by atoms with Crippen LogP contribution in [-0.4, -0.2) is 11.2 Å². The summed E-state index contributed by atoms with van der Waals surface area (Å²) in [4.78, 5) is 12.0. The van der Waals surface area contributed by atoms with Crippen LogP contribution in [0.1, 0.15) is 35.6 Å². The molecule has 2 aromatic rings. The number of aryl methyl sites for hydroxylation is 1. The van der Waals surface area contributed by atoms with E-state index in [1.807, 2.05) is 36.4 Å². The number of ether oxygens (including phenoxy) is 1. The Morgan fingerprint density at radius 2 is 2.05 bits per heavy atom. The fourth-order valence-corrected chi connectivity index (χ4v) is 2.86. The van der Waals surface area contributed by atoms with Gasteiger partial charge in [0.05, 0.1) is 6.04 Å². The molecule has 4 heteroatoms. The summed E-state index contributed by atoms with van der Waals surface area (Å²) in [7, 11) is 0. The summed E-state index contributed by atoms with van der Waals surface area (Å²) < 4.78 is 5.27. The maximum absolute atomic E-state index is 12.0. The van der Waals surface area contributed by atoms with Gasteiger partial charge in [0, 0.05) is 0 Å². The summed E-state index contributed by atoms with van der Waals surface area (Å²) in [5.74, 6) is 0.269. The summed E-state index contributed by atoms with van der Waals surface area (Å²) in [6.07, 6.45) is 2.40. The fourth-order valence-electron chi connectivity index (χ4n) is 2.86. The Morgan fingerprint density at radius 1 is 1.23 bits per heavy atom. The van der Waals surface area contributed by atoms with Crippen LogP contribution in [-0.2, 0) is 17.8 Å². The fraction of sp³-hybridized carbons (Fsp3) is 0.278. The summed E-state index contributed by atoms with van der Waals surface area (Å²) in [5.41, 5.74) is 3.13. The summed E-state index contributed by atoms with van der Waals surface area (Å²) in [6.45, 7) is 0.266. The number of benzene rings is 2. The smallest absolute Gasteiger partial charge is 0.407 e. The van der Waals surface area contributed by atoms with Crippen LogP contribution in [0.4, 0.5) is 4.79 Å². The summed E-state index contributed by atoms with van der Waals surface area (Å²) in [6, 6.07) is 14.9. The van der Waals surface area contributed by atoms with Gasteiger partial charge in [-0.05, 0) is 48.1 Å². The van der Waals surface area contributed by atoms with Gasteiger partial charge >= 0.3 is 6.09 Å². The third kappa shape index (κ3) is 3.39. The van der Waals surface area contributed by atoms with Crippen LogP contribution in [0.2, 0.25) is 0 Å². The van der Waals surface area contributed by atoms with Crippen molar-refractivity contribution in [2.75, 3.05) is 0 Å². The van der Waals surface area contributed by atoms with Crippen molar-refractivity contribution in [1.29, 1.82) is 0 Å². The number of fused-ring (bicyclic) bond motifs is 1. The molecule has 114 valence electrons. The van der Waals surface area contributed by atoms with E-state index in [1.54, 1.807) is 12.1 Å². The molecule has 3 rings (SSSR count). The van der Waals surface area contributed by atoms with E-state index in [1.165, 1.54) is 0 Å². The second-order valence-corrected chi connectivity index (χ2v) is 5.53. The monoisotopic (exact) mass is 297 g/mol. The highest BCUT2D eigenvalue weighted by atomic mass is 16.5. The van der Waals surface area contributed by atoms with Crippen molar-refractivity contribution in [1.82, 2.24) is 5.32 Å². The molecule has 1 atom stereocenters. The number of alkyl carbamates (subject to hydrolysis) is 1. The maximum atomic E-state index is 12.0. The zero-order valence-corrected chi connectivity index (χ0v) is 12.3. The zero-order valence-electron chi connectivity index (χ0n) is 12.3. The van der Waals surface area contributed by atoms with Gasteiger partial charge in [-0.3, -0.25) is 0 Å². The lowest BCUT2D eigenvalue weighted by Gasteiger charge is -2.26. The number of phenols is 1. The van der Waals surface area contributed by atoms with E-state index in [2.05, 4.69) is 5.32 Å². The summed E-state index contributed by atoms with van der Waals surface area (Å²) >= 11 is 0. The quantitative estimate of drug-likeness (QED) is 0.908. The van der Waals surface area contributed by atoms with Crippen molar-refractivity contribution in [2.24, 2.45) is 0 Å². The first-order chi connectivity index (χ1) is 10.7. The minimum Gasteiger partial charge on any atom is -0.508 e. The van der Waals surface area contributed by atoms with Crippen LogP contribution in [0.15, 0.2) is 48.5 Å². The van der Waals surface area contributed by atoms with E-state index in [-0.39, 0.29) is 18.4 Å². The maximum Gasteiger partial charge on any atom is 0.407 e. The molecule has 1 amide bonds. The molecule has 0 aliphatic heterocycles. The molecular weight excluding hydrogens is 278 g/mol. The number of carbonyl (C=O) groups excluding carboxylic acids is 1. The van der Waals surface area contributed by atoms with E-state index in [0.29, 0.717) is 0 Å². The van der Waals surface area contributed by atoms with E-state index in [9.17, 15) is 9.90 Å². The molecule has 0 saturated heterocycles. The Balaban J connectivity index is 1.61. The van der Waals surface area contributed by atoms with Crippen molar-refractivity contribution in [2.45, 2.75) is 31.9 Å². The van der Waals surface area contributed by atoms with E-state index >= 15 is 0 Å². The number of amides is 1. The minimum atomic E-state index is -0.408. The zero-order chi connectivity index (χ0) is 15.4. The average molecular weight is 297 g/mol. The first-order valence-corrected chi connectivity index (χ1v) is 7.51. The molecule has 2 aromatic carbocycles. The van der Waals surface area contributed by atoms with E-state index in [0.717, 1.165) is 36.0 Å². The van der Waals surface area contributed by atoms with Crippen LogP contribution in [0.3, 0.4) is 0 Å². The predicted octanol–water partition coefficient (Wildman–Crippen LogP) is 3.70. The van der Waals surface area contributed by atoms with Crippen molar-refractivity contribution < 1.29 is 14.6 Å². The number of rotatable bonds is 3. The lowest BCUT2D eigenvalue weighted by atomic mass is 9.87. The van der Waals surface area contributed by atoms with Gasteiger partial charge in [0.25, 0.3) is 0 Å². The van der Waals surface area contributed by atoms with Gasteiger partial charge in [-0.25, -0.2) is 4.79 Å². The third-order valence-electron chi connectivity index (χ3n) is 3.95. The molecule has 0 spiro atoms. The molecule has 0 fully saturated rings. The van der Waals surface area contributed by atoms with Gasteiger partial charge in [-0.1, -0.05) is 36.4 Å². The molecule has 0 radical (unpaired) electrons. The number of hydrogen-bond donors (Lipinski definition) is 2. The van der Waals surface area contributed by atoms with Crippen molar-refractivity contribution >= 4 is 6.09 Å². The number of carbonyl (C=O) groups is 1. The van der Waals surface area contributed by atoms with Crippen LogP contribution < -0.4 is 5.32 Å². The van der Waals surface area contributed by atoms with Crippen LogP contribution in [0, 0.1) is 0 Å². The Bertz CT molecular complexity index is 655. The minimum absolute atomic E-state index is 0.0485. The van der Waals surface area contributed by atoms with Crippen LogP contribution in [0.25, 0.3) is 0 Å². The predicted molar refractivity (Wildman–Crippen MR) is 83.5 cm³/mol. The number of phenolic OH excluding ortho intramolecular Hbond substituents is 1. The van der Waals surface area contributed by atoms with Gasteiger partial charge in [-0.15, -0.1) is 0 Å². The molecule has 22 heavy (non-hydrogen) atoms. The Hall–Kier alpha value is -2.49. The van der Waals surface area contributed by atoms with Gasteiger partial charge in [-0.2, -0.15) is 0 Å². The standard InChI is InChI=1S/C18H19NO3/c20-15-9-10-16-14(11-15)7-4-8-17(16)19-18(21)22-12-13-5-2-1-3-6-13/h1-3,5-6,9-11,17,20H,4,7-8,12H2,(H,19,21). The highest BCUT2D eigenvalue weighted by Crippen LogP contribution is 2.31. The number of hydrogen-bond acceptors (Lipinski definition) is 3. The van der Waals surface area contributed by atoms with E-state index < -0.39 is 6.09 Å². The van der Waals surface area contributed by atoms with Gasteiger partial charge in [0.1, 0.15) is 12.4 Å². The first-order valence-electron chi connectivity index (χ1n) is 7.51. The highest BCUT2D eigenvalue weighted by molar-refractivity contribution is 5.68. The van der Waals surface area contributed by atoms with Gasteiger partial charge in [0.15, 0.2) is 0 Å². The lowest BCUT2D eigenvalue weighted by Crippen LogP contribution is -2.31. The SMILES string of the molecule is O=C(NC1CCCc2cc(O)ccc21)OCc1ccccc1. The highest BCUT2D eigenvalue weighted by Gasteiger charge is 2.22. The molecule has 0 heterocycles. The van der Waals surface area contributed by atoms with Crippen LogP contribution >= 0.6 is 0 Å². The molecule has 2 N–H and O–H groups in total. The number of nitrogens with one attached hydrogen (secondary N) is 1. The average Bonchev–Trinajstić information content (AvgIpc) is 2.54. The Labute approximate surface area is 129 Å². The van der Waals surface area contributed by atoms with E-state index in [4.69, 9.17) is 4.74 Å². The molecule has 1 unspecified atom stereocenters. The Kier molecular flexibility index (Phi) is 4.28. The van der Waals surface area contributed by atoms with Crippen molar-refractivity contribution in [3.63, 3.8) is 0 Å². The van der Waals surface area contributed by atoms with Gasteiger partial charge < -0.3 is 15.2 Å². The molecular formula is C18H19NO3. The van der Waals surface area contributed by atoms with Crippen LogP contribution in [0.5, 0.6) is 5.75 Å². The number of aromatic hydroxyl groups is 1. The molecule has 0 aromatic heterocycles. The topological polar surface area (TPSA) is 58.6 Å². The molecule has 1 aliphatic carbocycles. The molecule has 1 aliphatic rings. The van der Waals surface area contributed by atoms with Crippen molar-refractivity contribution in [3.8, 4) is 5.75 Å². The third-order valence-corrected chi connectivity index (χ3v) is 3.95. The largest absolute Gasteiger partial charge is 0.508 e. The summed E-state index contributed by atoms with van der Waals surface area (Å²) in [5, 5.41) is 12.5. The lowest BCUT2D eigenvalue weighted by molar-refractivity contribution is 0.134. The first kappa shape index (κ1) is 14.4. The molecule has 0 bridgehead atoms. The van der Waals surface area contributed by atoms with Gasteiger partial charge in [0.2, 0.25) is 0 Å². The molecule has 0 saturated carbocycles. The van der Waals surface area contributed by atoms with Crippen molar-refractivity contribution in [3.05, 3.63) is 65.2 Å².